The Labute approximate surface area is 157 Å². The van der Waals surface area contributed by atoms with Crippen LogP contribution in [0.2, 0.25) is 0 Å². The van der Waals surface area contributed by atoms with Gasteiger partial charge in [0.2, 0.25) is 0 Å². The number of hydrazine groups is 1. The van der Waals surface area contributed by atoms with E-state index in [9.17, 15) is 9.59 Å². The molecule has 9 nitrogen and oxygen atoms in total. The molecule has 0 radical (unpaired) electrons. The van der Waals surface area contributed by atoms with E-state index < -0.39 is 11.9 Å². The van der Waals surface area contributed by atoms with Gasteiger partial charge in [-0.25, -0.2) is 24.6 Å². The second-order valence-corrected chi connectivity index (χ2v) is 5.66. The van der Waals surface area contributed by atoms with Crippen LogP contribution >= 0.6 is 0 Å². The van der Waals surface area contributed by atoms with Crippen molar-refractivity contribution in [1.82, 2.24) is 20.3 Å². The first-order chi connectivity index (χ1) is 13.0. The second kappa shape index (κ2) is 10.3. The van der Waals surface area contributed by atoms with E-state index in [0.29, 0.717) is 31.9 Å². The van der Waals surface area contributed by atoms with Crippen molar-refractivity contribution in [3.63, 3.8) is 0 Å². The zero-order chi connectivity index (χ0) is 19.6. The van der Waals surface area contributed by atoms with E-state index >= 15 is 0 Å². The van der Waals surface area contributed by atoms with Crippen molar-refractivity contribution in [3.05, 3.63) is 59.2 Å². The second-order valence-electron chi connectivity index (χ2n) is 5.66. The average Bonchev–Trinajstić information content (AvgIpc) is 2.70. The summed E-state index contributed by atoms with van der Waals surface area (Å²) < 4.78 is 9.31. The third kappa shape index (κ3) is 6.41. The zero-order valence-electron chi connectivity index (χ0n) is 15.3. The fourth-order valence-electron chi connectivity index (χ4n) is 2.31. The number of methoxy groups -OCH3 is 2. The first-order valence-electron chi connectivity index (χ1n) is 8.32. The number of carbonyl (C=O) groups is 2. The number of ether oxygens (including phenoxy) is 2. The molecule has 0 aliphatic carbocycles. The minimum absolute atomic E-state index is 0.248. The molecular weight excluding hydrogens is 350 g/mol. The molecule has 2 aromatic rings. The van der Waals surface area contributed by atoms with Crippen molar-refractivity contribution in [1.29, 1.82) is 0 Å². The molecular formula is C18H23N5O4. The van der Waals surface area contributed by atoms with E-state index in [4.69, 9.17) is 5.84 Å². The van der Waals surface area contributed by atoms with Crippen LogP contribution in [0.3, 0.4) is 0 Å². The predicted molar refractivity (Wildman–Crippen MR) is 97.5 cm³/mol. The van der Waals surface area contributed by atoms with Crippen LogP contribution in [0.4, 0.5) is 0 Å². The summed E-state index contributed by atoms with van der Waals surface area (Å²) in [6.45, 7) is 2.05. The standard InChI is InChI=1S/C18H23N5O4/c1-26-17(24)15-7-3-5-13(21-15)11-20-9-10-23(19)12-14-6-4-8-16(22-14)18(25)27-2/h3-8,20H,9-12,19H2,1-2H3. The van der Waals surface area contributed by atoms with E-state index in [1.54, 1.807) is 35.3 Å². The molecule has 0 saturated heterocycles. The Hall–Kier alpha value is -2.88. The quantitative estimate of drug-likeness (QED) is 0.280. The smallest absolute Gasteiger partial charge is 0.356 e. The Morgan fingerprint density at radius 2 is 1.56 bits per heavy atom. The molecule has 0 amide bonds. The summed E-state index contributed by atoms with van der Waals surface area (Å²) in [6.07, 6.45) is 0. The molecule has 0 atom stereocenters. The highest BCUT2D eigenvalue weighted by Crippen LogP contribution is 2.03. The van der Waals surface area contributed by atoms with Gasteiger partial charge in [0, 0.05) is 19.6 Å². The molecule has 144 valence electrons. The highest BCUT2D eigenvalue weighted by atomic mass is 16.5. The molecule has 0 aromatic carbocycles. The molecule has 0 bridgehead atoms. The molecule has 0 fully saturated rings. The van der Waals surface area contributed by atoms with Gasteiger partial charge < -0.3 is 14.8 Å². The number of hydrogen-bond donors (Lipinski definition) is 2. The van der Waals surface area contributed by atoms with E-state index in [2.05, 4.69) is 24.8 Å². The maximum absolute atomic E-state index is 11.5. The molecule has 2 aromatic heterocycles. The molecule has 0 unspecified atom stereocenters. The number of carbonyl (C=O) groups excluding carboxylic acids is 2. The van der Waals surface area contributed by atoms with Crippen molar-refractivity contribution < 1.29 is 19.1 Å². The maximum Gasteiger partial charge on any atom is 0.356 e. The number of hydrogen-bond acceptors (Lipinski definition) is 9. The third-order valence-corrected chi connectivity index (χ3v) is 3.65. The SMILES string of the molecule is COC(=O)c1cccc(CNCCN(N)Cc2cccc(C(=O)OC)n2)n1. The summed E-state index contributed by atoms with van der Waals surface area (Å²) in [6, 6.07) is 10.3. The third-order valence-electron chi connectivity index (χ3n) is 3.65. The van der Waals surface area contributed by atoms with E-state index in [1.807, 2.05) is 6.07 Å². The van der Waals surface area contributed by atoms with Gasteiger partial charge in [-0.1, -0.05) is 12.1 Å². The van der Waals surface area contributed by atoms with Gasteiger partial charge in [0.25, 0.3) is 0 Å². The van der Waals surface area contributed by atoms with Crippen LogP contribution in [0.25, 0.3) is 0 Å². The van der Waals surface area contributed by atoms with Gasteiger partial charge in [0.05, 0.1) is 32.2 Å². The Morgan fingerprint density at radius 3 is 2.15 bits per heavy atom. The number of nitrogens with two attached hydrogens (primary N) is 1. The normalized spacial score (nSPS) is 10.7. The molecule has 9 heteroatoms. The summed E-state index contributed by atoms with van der Waals surface area (Å²) in [5.41, 5.74) is 1.92. The molecule has 0 aliphatic heterocycles. The number of esters is 2. The highest BCUT2D eigenvalue weighted by molar-refractivity contribution is 5.87. The lowest BCUT2D eigenvalue weighted by Crippen LogP contribution is -2.37. The zero-order valence-corrected chi connectivity index (χ0v) is 15.3. The van der Waals surface area contributed by atoms with Crippen LogP contribution in [0.5, 0.6) is 0 Å². The number of pyridine rings is 2. The van der Waals surface area contributed by atoms with E-state index in [-0.39, 0.29) is 11.4 Å². The van der Waals surface area contributed by atoms with Crippen molar-refractivity contribution in [2.45, 2.75) is 13.1 Å². The Kier molecular flexibility index (Phi) is 7.80. The van der Waals surface area contributed by atoms with Crippen LogP contribution in [-0.2, 0) is 22.6 Å². The molecule has 0 spiro atoms. The van der Waals surface area contributed by atoms with Gasteiger partial charge in [0.1, 0.15) is 11.4 Å². The fraction of sp³-hybridized carbons (Fsp3) is 0.333. The Balaban J connectivity index is 1.77. The lowest BCUT2D eigenvalue weighted by Gasteiger charge is -2.16. The van der Waals surface area contributed by atoms with Gasteiger partial charge in [-0.3, -0.25) is 5.84 Å². The lowest BCUT2D eigenvalue weighted by atomic mass is 10.3. The summed E-state index contributed by atoms with van der Waals surface area (Å²) in [5, 5.41) is 4.80. The van der Waals surface area contributed by atoms with Crippen LogP contribution in [0.15, 0.2) is 36.4 Å². The van der Waals surface area contributed by atoms with Crippen molar-refractivity contribution in [2.75, 3.05) is 27.3 Å². The van der Waals surface area contributed by atoms with E-state index in [1.165, 1.54) is 14.2 Å². The van der Waals surface area contributed by atoms with Crippen molar-refractivity contribution in [2.24, 2.45) is 5.84 Å². The minimum atomic E-state index is -0.483. The average molecular weight is 373 g/mol. The molecule has 2 heterocycles. The number of aromatic nitrogens is 2. The van der Waals surface area contributed by atoms with Crippen LogP contribution < -0.4 is 11.2 Å². The lowest BCUT2D eigenvalue weighted by molar-refractivity contribution is 0.0585. The summed E-state index contributed by atoms with van der Waals surface area (Å²) in [5.74, 6) is 5.04. The highest BCUT2D eigenvalue weighted by Gasteiger charge is 2.10. The summed E-state index contributed by atoms with van der Waals surface area (Å²) >= 11 is 0. The Bertz CT molecular complexity index is 784. The van der Waals surface area contributed by atoms with Crippen LogP contribution in [-0.4, -0.2) is 54.2 Å². The van der Waals surface area contributed by atoms with E-state index in [0.717, 1.165) is 5.69 Å². The predicted octanol–water partition coefficient (Wildman–Crippen LogP) is 0.515. The summed E-state index contributed by atoms with van der Waals surface area (Å²) in [4.78, 5) is 31.4. The number of rotatable bonds is 9. The maximum atomic E-state index is 11.5. The first kappa shape index (κ1) is 20.4. The van der Waals surface area contributed by atoms with Gasteiger partial charge in [-0.05, 0) is 24.3 Å². The number of nitrogens with zero attached hydrogens (tertiary/aromatic N) is 3. The molecule has 2 rings (SSSR count). The van der Waals surface area contributed by atoms with Crippen molar-refractivity contribution >= 4 is 11.9 Å². The molecule has 0 saturated carbocycles. The fourth-order valence-corrected chi connectivity index (χ4v) is 2.31. The van der Waals surface area contributed by atoms with Gasteiger partial charge in [-0.2, -0.15) is 0 Å². The van der Waals surface area contributed by atoms with Crippen LogP contribution in [0.1, 0.15) is 32.4 Å². The largest absolute Gasteiger partial charge is 0.464 e. The summed E-state index contributed by atoms with van der Waals surface area (Å²) in [7, 11) is 2.63. The van der Waals surface area contributed by atoms with Gasteiger partial charge in [-0.15, -0.1) is 0 Å². The molecule has 0 aliphatic rings. The topological polar surface area (TPSA) is 120 Å². The molecule has 27 heavy (non-hydrogen) atoms. The van der Waals surface area contributed by atoms with Crippen molar-refractivity contribution in [3.8, 4) is 0 Å². The number of nitrogens with one attached hydrogen (secondary N) is 1. The molecule has 3 N–H and O–H groups in total. The minimum Gasteiger partial charge on any atom is -0.464 e. The van der Waals surface area contributed by atoms with Crippen LogP contribution in [0, 0.1) is 0 Å². The van der Waals surface area contributed by atoms with Gasteiger partial charge in [0.15, 0.2) is 0 Å². The monoisotopic (exact) mass is 373 g/mol. The van der Waals surface area contributed by atoms with Gasteiger partial charge >= 0.3 is 11.9 Å². The Morgan fingerprint density at radius 1 is 1.00 bits per heavy atom. The first-order valence-corrected chi connectivity index (χ1v) is 8.32.